The SMILES string of the molecule is CCOc1ccccc1-c1noc(-c2c(O)c3cc(F)ccc3n(CC)c2=O)n1. The van der Waals surface area contributed by atoms with Gasteiger partial charge in [0.15, 0.2) is 0 Å². The van der Waals surface area contributed by atoms with Gasteiger partial charge in [-0.15, -0.1) is 0 Å². The number of halogens is 1. The van der Waals surface area contributed by atoms with Gasteiger partial charge in [-0.2, -0.15) is 4.98 Å². The monoisotopic (exact) mass is 395 g/mol. The number of aryl methyl sites for hydroxylation is 1. The van der Waals surface area contributed by atoms with Crippen molar-refractivity contribution in [3.63, 3.8) is 0 Å². The van der Waals surface area contributed by atoms with Gasteiger partial charge in [0.2, 0.25) is 5.82 Å². The molecule has 0 aliphatic heterocycles. The second kappa shape index (κ2) is 7.38. The Morgan fingerprint density at radius 2 is 2.00 bits per heavy atom. The first kappa shape index (κ1) is 18.7. The topological polar surface area (TPSA) is 90.4 Å². The molecule has 1 N–H and O–H groups in total. The summed E-state index contributed by atoms with van der Waals surface area (Å²) in [4.78, 5) is 17.3. The third-order valence-electron chi connectivity index (χ3n) is 4.58. The number of hydrogen-bond acceptors (Lipinski definition) is 6. The Hall–Kier alpha value is -3.68. The fourth-order valence-corrected chi connectivity index (χ4v) is 3.29. The summed E-state index contributed by atoms with van der Waals surface area (Å²) >= 11 is 0. The van der Waals surface area contributed by atoms with E-state index >= 15 is 0 Å². The number of aromatic hydroxyl groups is 1. The van der Waals surface area contributed by atoms with Gasteiger partial charge < -0.3 is 18.9 Å². The zero-order valence-electron chi connectivity index (χ0n) is 15.8. The van der Waals surface area contributed by atoms with E-state index in [1.54, 1.807) is 25.1 Å². The molecule has 2 aromatic heterocycles. The highest BCUT2D eigenvalue weighted by atomic mass is 19.1. The third-order valence-corrected chi connectivity index (χ3v) is 4.58. The van der Waals surface area contributed by atoms with Crippen molar-refractivity contribution in [2.24, 2.45) is 0 Å². The van der Waals surface area contributed by atoms with Gasteiger partial charge in [0, 0.05) is 11.9 Å². The fraction of sp³-hybridized carbons (Fsp3) is 0.190. The summed E-state index contributed by atoms with van der Waals surface area (Å²) in [5.74, 6) is -0.301. The predicted octanol–water partition coefficient (Wildman–Crippen LogP) is 3.98. The molecule has 4 rings (SSSR count). The molecule has 4 aromatic rings. The summed E-state index contributed by atoms with van der Waals surface area (Å²) in [7, 11) is 0. The third kappa shape index (κ3) is 3.12. The Kier molecular flexibility index (Phi) is 4.75. The number of rotatable bonds is 5. The van der Waals surface area contributed by atoms with E-state index in [1.165, 1.54) is 22.8 Å². The van der Waals surface area contributed by atoms with Crippen LogP contribution in [0.1, 0.15) is 13.8 Å². The minimum absolute atomic E-state index is 0.151. The van der Waals surface area contributed by atoms with E-state index in [4.69, 9.17) is 9.26 Å². The maximum atomic E-state index is 13.8. The average Bonchev–Trinajstić information content (AvgIpc) is 3.19. The van der Waals surface area contributed by atoms with Crippen molar-refractivity contribution in [1.29, 1.82) is 0 Å². The Bertz CT molecular complexity index is 1260. The lowest BCUT2D eigenvalue weighted by Gasteiger charge is -2.11. The first-order valence-electron chi connectivity index (χ1n) is 9.16. The van der Waals surface area contributed by atoms with Gasteiger partial charge in [0.1, 0.15) is 22.9 Å². The molecule has 0 aliphatic carbocycles. The van der Waals surface area contributed by atoms with Crippen LogP contribution in [0.3, 0.4) is 0 Å². The lowest BCUT2D eigenvalue weighted by molar-refractivity contribution is 0.341. The summed E-state index contributed by atoms with van der Waals surface area (Å²) < 4.78 is 26.1. The average molecular weight is 395 g/mol. The van der Waals surface area contributed by atoms with Crippen LogP contribution in [0.2, 0.25) is 0 Å². The second-order valence-electron chi connectivity index (χ2n) is 6.29. The molecule has 0 fully saturated rings. The van der Waals surface area contributed by atoms with E-state index in [-0.39, 0.29) is 22.7 Å². The van der Waals surface area contributed by atoms with Crippen molar-refractivity contribution in [3.8, 4) is 34.3 Å². The largest absolute Gasteiger partial charge is 0.506 e. The van der Waals surface area contributed by atoms with E-state index in [9.17, 15) is 14.3 Å². The van der Waals surface area contributed by atoms with Crippen LogP contribution < -0.4 is 10.3 Å². The van der Waals surface area contributed by atoms with Gasteiger partial charge in [0.25, 0.3) is 11.4 Å². The number of ether oxygens (including phenoxy) is 1. The molecule has 0 atom stereocenters. The zero-order chi connectivity index (χ0) is 20.5. The highest BCUT2D eigenvalue weighted by molar-refractivity contribution is 5.91. The van der Waals surface area contributed by atoms with Gasteiger partial charge in [-0.1, -0.05) is 17.3 Å². The number of nitrogens with zero attached hydrogens (tertiary/aromatic N) is 3. The zero-order valence-corrected chi connectivity index (χ0v) is 15.8. The van der Waals surface area contributed by atoms with Gasteiger partial charge in [0.05, 0.1) is 17.7 Å². The Labute approximate surface area is 165 Å². The van der Waals surface area contributed by atoms with Crippen LogP contribution in [0.25, 0.3) is 33.7 Å². The Balaban J connectivity index is 1.92. The minimum atomic E-state index is -0.531. The van der Waals surface area contributed by atoms with E-state index in [2.05, 4.69) is 10.1 Å². The van der Waals surface area contributed by atoms with Crippen LogP contribution in [-0.2, 0) is 6.54 Å². The number of benzene rings is 2. The molecule has 0 spiro atoms. The molecule has 0 aliphatic rings. The van der Waals surface area contributed by atoms with Gasteiger partial charge in [-0.25, -0.2) is 4.39 Å². The van der Waals surface area contributed by atoms with Crippen LogP contribution in [0.15, 0.2) is 51.8 Å². The summed E-state index contributed by atoms with van der Waals surface area (Å²) in [5.41, 5.74) is 0.336. The quantitative estimate of drug-likeness (QED) is 0.550. The van der Waals surface area contributed by atoms with E-state index in [0.717, 1.165) is 0 Å². The summed E-state index contributed by atoms with van der Waals surface area (Å²) in [6.45, 7) is 4.42. The summed E-state index contributed by atoms with van der Waals surface area (Å²) in [6, 6.07) is 11.0. The predicted molar refractivity (Wildman–Crippen MR) is 105 cm³/mol. The van der Waals surface area contributed by atoms with Crippen LogP contribution in [0.4, 0.5) is 4.39 Å². The molecule has 148 valence electrons. The molecule has 29 heavy (non-hydrogen) atoms. The van der Waals surface area contributed by atoms with Crippen molar-refractivity contribution in [3.05, 3.63) is 58.6 Å². The molecule has 0 amide bonds. The van der Waals surface area contributed by atoms with Crippen LogP contribution >= 0.6 is 0 Å². The number of aromatic nitrogens is 3. The van der Waals surface area contributed by atoms with Crippen molar-refractivity contribution >= 4 is 10.9 Å². The second-order valence-corrected chi connectivity index (χ2v) is 6.29. The van der Waals surface area contributed by atoms with E-state index in [1.807, 2.05) is 13.0 Å². The van der Waals surface area contributed by atoms with Gasteiger partial charge >= 0.3 is 0 Å². The van der Waals surface area contributed by atoms with Crippen LogP contribution in [0.5, 0.6) is 11.5 Å². The molecule has 7 nitrogen and oxygen atoms in total. The first-order valence-corrected chi connectivity index (χ1v) is 9.16. The number of fused-ring (bicyclic) bond motifs is 1. The molecular formula is C21H18FN3O4. The lowest BCUT2D eigenvalue weighted by Crippen LogP contribution is -2.21. The van der Waals surface area contributed by atoms with Crippen molar-refractivity contribution in [2.75, 3.05) is 6.61 Å². The summed E-state index contributed by atoms with van der Waals surface area (Å²) in [5, 5.41) is 14.8. The van der Waals surface area contributed by atoms with Crippen molar-refractivity contribution in [1.82, 2.24) is 14.7 Å². The lowest BCUT2D eigenvalue weighted by atomic mass is 10.1. The first-order chi connectivity index (χ1) is 14.0. The number of para-hydroxylation sites is 1. The van der Waals surface area contributed by atoms with E-state index < -0.39 is 17.1 Å². The van der Waals surface area contributed by atoms with Crippen molar-refractivity contribution < 1.29 is 18.8 Å². The van der Waals surface area contributed by atoms with Gasteiger partial charge in [-0.3, -0.25) is 4.79 Å². The van der Waals surface area contributed by atoms with E-state index in [0.29, 0.717) is 30.0 Å². The normalized spacial score (nSPS) is 11.1. The smallest absolute Gasteiger partial charge is 0.267 e. The standard InChI is InChI=1S/C21H18FN3O4/c1-3-25-15-10-9-12(22)11-14(15)18(26)17(21(25)27)20-23-19(24-29-20)13-7-5-6-8-16(13)28-4-2/h5-11,26H,3-4H2,1-2H3. The van der Waals surface area contributed by atoms with Crippen LogP contribution in [-0.4, -0.2) is 26.4 Å². The van der Waals surface area contributed by atoms with Crippen LogP contribution in [0, 0.1) is 5.82 Å². The molecule has 0 saturated carbocycles. The molecule has 0 unspecified atom stereocenters. The number of pyridine rings is 1. The molecule has 0 bridgehead atoms. The fourth-order valence-electron chi connectivity index (χ4n) is 3.29. The molecule has 8 heteroatoms. The highest BCUT2D eigenvalue weighted by Gasteiger charge is 2.23. The minimum Gasteiger partial charge on any atom is -0.506 e. The maximum Gasteiger partial charge on any atom is 0.267 e. The molecular weight excluding hydrogens is 377 g/mol. The maximum absolute atomic E-state index is 13.8. The Morgan fingerprint density at radius 1 is 1.21 bits per heavy atom. The molecule has 2 heterocycles. The molecule has 2 aromatic carbocycles. The van der Waals surface area contributed by atoms with Crippen molar-refractivity contribution in [2.45, 2.75) is 20.4 Å². The molecule has 0 radical (unpaired) electrons. The molecule has 0 saturated heterocycles. The van der Waals surface area contributed by atoms with Gasteiger partial charge in [-0.05, 0) is 44.2 Å². The Morgan fingerprint density at radius 3 is 2.76 bits per heavy atom. The summed E-state index contributed by atoms with van der Waals surface area (Å²) in [6.07, 6.45) is 0. The highest BCUT2D eigenvalue weighted by Crippen LogP contribution is 2.35. The number of hydrogen-bond donors (Lipinski definition) is 1.